The van der Waals surface area contributed by atoms with Gasteiger partial charge in [0.05, 0.1) is 12.7 Å². The van der Waals surface area contributed by atoms with Gasteiger partial charge in [-0.15, -0.1) is 0 Å². The van der Waals surface area contributed by atoms with E-state index in [0.717, 1.165) is 42.8 Å². The Balaban J connectivity index is 1.74. The van der Waals surface area contributed by atoms with Gasteiger partial charge in [0.2, 0.25) is 0 Å². The van der Waals surface area contributed by atoms with Crippen LogP contribution in [0.1, 0.15) is 23.2 Å². The minimum atomic E-state index is -0.0680. The van der Waals surface area contributed by atoms with Crippen LogP contribution in [0.2, 0.25) is 0 Å². The number of carbonyl (C=O) groups excluding carboxylic acids is 1. The first kappa shape index (κ1) is 15.5. The molecular weight excluding hydrogens is 290 g/mol. The maximum absolute atomic E-state index is 12.4. The van der Waals surface area contributed by atoms with Gasteiger partial charge in [0.25, 0.3) is 5.91 Å². The Kier molecular flexibility index (Phi) is 4.88. The van der Waals surface area contributed by atoms with Crippen LogP contribution in [0.15, 0.2) is 42.7 Å². The predicted molar refractivity (Wildman–Crippen MR) is 89.6 cm³/mol. The van der Waals surface area contributed by atoms with Crippen LogP contribution >= 0.6 is 0 Å². The van der Waals surface area contributed by atoms with Crippen molar-refractivity contribution in [2.45, 2.75) is 18.9 Å². The molecule has 1 atom stereocenters. The average molecular weight is 311 g/mol. The van der Waals surface area contributed by atoms with Crippen LogP contribution in [-0.4, -0.2) is 37.1 Å². The van der Waals surface area contributed by atoms with Crippen LogP contribution in [0, 0.1) is 0 Å². The SMILES string of the molecule is COc1ccc(-c2cncc(C(=O)N[C@H]3CCCNC3)c2)cc1. The van der Waals surface area contributed by atoms with E-state index in [9.17, 15) is 4.79 Å². The molecule has 0 bridgehead atoms. The van der Waals surface area contributed by atoms with Gasteiger partial charge >= 0.3 is 0 Å². The second kappa shape index (κ2) is 7.24. The first-order valence-electron chi connectivity index (χ1n) is 7.87. The average Bonchev–Trinajstić information content (AvgIpc) is 2.63. The van der Waals surface area contributed by atoms with Crippen LogP contribution in [0.3, 0.4) is 0 Å². The number of hydrogen-bond acceptors (Lipinski definition) is 4. The number of nitrogens with zero attached hydrogens (tertiary/aromatic N) is 1. The molecule has 120 valence electrons. The first-order valence-corrected chi connectivity index (χ1v) is 7.87. The van der Waals surface area contributed by atoms with Crippen molar-refractivity contribution in [1.82, 2.24) is 15.6 Å². The molecule has 0 saturated carbocycles. The summed E-state index contributed by atoms with van der Waals surface area (Å²) in [4.78, 5) is 16.6. The molecule has 2 N–H and O–H groups in total. The summed E-state index contributed by atoms with van der Waals surface area (Å²) in [6, 6.07) is 9.79. The normalized spacial score (nSPS) is 17.5. The monoisotopic (exact) mass is 311 g/mol. The lowest BCUT2D eigenvalue weighted by molar-refractivity contribution is 0.0930. The number of amides is 1. The van der Waals surface area contributed by atoms with E-state index in [1.54, 1.807) is 19.5 Å². The molecule has 0 spiro atoms. The maximum Gasteiger partial charge on any atom is 0.253 e. The smallest absolute Gasteiger partial charge is 0.253 e. The Morgan fingerprint density at radius 2 is 2.09 bits per heavy atom. The summed E-state index contributed by atoms with van der Waals surface area (Å²) in [6.45, 7) is 1.86. The quantitative estimate of drug-likeness (QED) is 0.909. The Morgan fingerprint density at radius 1 is 1.26 bits per heavy atom. The number of carbonyl (C=O) groups is 1. The van der Waals surface area contributed by atoms with Crippen LogP contribution in [-0.2, 0) is 0 Å². The summed E-state index contributed by atoms with van der Waals surface area (Å²) in [6.07, 6.45) is 5.48. The first-order chi connectivity index (χ1) is 11.3. The van der Waals surface area contributed by atoms with Gasteiger partial charge in [-0.3, -0.25) is 9.78 Å². The van der Waals surface area contributed by atoms with Crippen molar-refractivity contribution in [3.05, 3.63) is 48.3 Å². The van der Waals surface area contributed by atoms with E-state index in [2.05, 4.69) is 15.6 Å². The number of benzene rings is 1. The van der Waals surface area contributed by atoms with E-state index >= 15 is 0 Å². The molecule has 1 aromatic carbocycles. The highest BCUT2D eigenvalue weighted by molar-refractivity contribution is 5.95. The molecule has 1 fully saturated rings. The largest absolute Gasteiger partial charge is 0.497 e. The van der Waals surface area contributed by atoms with Crippen molar-refractivity contribution in [3.63, 3.8) is 0 Å². The van der Waals surface area contributed by atoms with Gasteiger partial charge in [0.15, 0.2) is 0 Å². The Bertz CT molecular complexity index is 664. The summed E-state index contributed by atoms with van der Waals surface area (Å²) < 4.78 is 5.17. The molecule has 0 radical (unpaired) electrons. The molecule has 3 rings (SSSR count). The van der Waals surface area contributed by atoms with Crippen molar-refractivity contribution < 1.29 is 9.53 Å². The number of hydrogen-bond donors (Lipinski definition) is 2. The molecule has 1 saturated heterocycles. The molecule has 5 heteroatoms. The summed E-state index contributed by atoms with van der Waals surface area (Å²) in [7, 11) is 1.64. The van der Waals surface area contributed by atoms with Gasteiger partial charge in [0, 0.05) is 30.5 Å². The van der Waals surface area contributed by atoms with E-state index in [1.807, 2.05) is 30.3 Å². The molecule has 1 aliphatic rings. The molecule has 1 aromatic heterocycles. The topological polar surface area (TPSA) is 63.2 Å². The molecule has 1 amide bonds. The summed E-state index contributed by atoms with van der Waals surface area (Å²) in [5.41, 5.74) is 2.51. The fourth-order valence-electron chi connectivity index (χ4n) is 2.75. The molecule has 2 heterocycles. The molecule has 2 aromatic rings. The third kappa shape index (κ3) is 3.87. The van der Waals surface area contributed by atoms with Crippen molar-refractivity contribution in [3.8, 4) is 16.9 Å². The third-order valence-corrected chi connectivity index (χ3v) is 4.06. The van der Waals surface area contributed by atoms with Crippen molar-refractivity contribution in [1.29, 1.82) is 0 Å². The predicted octanol–water partition coefficient (Wildman–Crippen LogP) is 2.24. The minimum absolute atomic E-state index is 0.0680. The highest BCUT2D eigenvalue weighted by Crippen LogP contribution is 2.22. The van der Waals surface area contributed by atoms with E-state index in [-0.39, 0.29) is 11.9 Å². The summed E-state index contributed by atoms with van der Waals surface area (Å²) in [5.74, 6) is 0.738. The molecule has 0 aliphatic carbocycles. The summed E-state index contributed by atoms with van der Waals surface area (Å²) >= 11 is 0. The lowest BCUT2D eigenvalue weighted by Crippen LogP contribution is -2.45. The zero-order chi connectivity index (χ0) is 16.1. The second-order valence-corrected chi connectivity index (χ2v) is 5.71. The zero-order valence-electron chi connectivity index (χ0n) is 13.2. The van der Waals surface area contributed by atoms with Gasteiger partial charge < -0.3 is 15.4 Å². The third-order valence-electron chi connectivity index (χ3n) is 4.06. The Hall–Kier alpha value is -2.40. The fourth-order valence-corrected chi connectivity index (χ4v) is 2.75. The molecule has 0 unspecified atom stereocenters. The van der Waals surface area contributed by atoms with Crippen LogP contribution in [0.5, 0.6) is 5.75 Å². The van der Waals surface area contributed by atoms with Gasteiger partial charge in [-0.1, -0.05) is 12.1 Å². The van der Waals surface area contributed by atoms with E-state index in [1.165, 1.54) is 0 Å². The number of piperidine rings is 1. The lowest BCUT2D eigenvalue weighted by atomic mass is 10.0. The number of nitrogens with one attached hydrogen (secondary N) is 2. The Labute approximate surface area is 136 Å². The Morgan fingerprint density at radius 3 is 2.78 bits per heavy atom. The molecule has 1 aliphatic heterocycles. The standard InChI is InChI=1S/C18H21N3O2/c1-23-17-6-4-13(5-7-17)14-9-15(11-20-10-14)18(22)21-16-3-2-8-19-12-16/h4-7,9-11,16,19H,2-3,8,12H2,1H3,(H,21,22)/t16-/m0/s1. The lowest BCUT2D eigenvalue weighted by Gasteiger charge is -2.23. The van der Waals surface area contributed by atoms with Crippen molar-refractivity contribution in [2.24, 2.45) is 0 Å². The number of ether oxygens (including phenoxy) is 1. The zero-order valence-corrected chi connectivity index (χ0v) is 13.2. The second-order valence-electron chi connectivity index (χ2n) is 5.71. The molecule has 5 nitrogen and oxygen atoms in total. The van der Waals surface area contributed by atoms with Gasteiger partial charge in [0.1, 0.15) is 5.75 Å². The van der Waals surface area contributed by atoms with E-state index in [0.29, 0.717) is 5.56 Å². The highest BCUT2D eigenvalue weighted by Gasteiger charge is 2.16. The van der Waals surface area contributed by atoms with Crippen LogP contribution in [0.25, 0.3) is 11.1 Å². The van der Waals surface area contributed by atoms with E-state index in [4.69, 9.17) is 4.74 Å². The fraction of sp³-hybridized carbons (Fsp3) is 0.333. The molecule has 23 heavy (non-hydrogen) atoms. The molecular formula is C18H21N3O2. The van der Waals surface area contributed by atoms with Crippen molar-refractivity contribution >= 4 is 5.91 Å². The minimum Gasteiger partial charge on any atom is -0.497 e. The number of aromatic nitrogens is 1. The van der Waals surface area contributed by atoms with Crippen molar-refractivity contribution in [2.75, 3.05) is 20.2 Å². The number of pyridine rings is 1. The van der Waals surface area contributed by atoms with Crippen LogP contribution < -0.4 is 15.4 Å². The van der Waals surface area contributed by atoms with Gasteiger partial charge in [-0.25, -0.2) is 0 Å². The maximum atomic E-state index is 12.4. The highest BCUT2D eigenvalue weighted by atomic mass is 16.5. The van der Waals surface area contributed by atoms with Crippen LogP contribution in [0.4, 0.5) is 0 Å². The number of methoxy groups -OCH3 is 1. The van der Waals surface area contributed by atoms with Gasteiger partial charge in [-0.2, -0.15) is 0 Å². The van der Waals surface area contributed by atoms with E-state index < -0.39 is 0 Å². The van der Waals surface area contributed by atoms with Gasteiger partial charge in [-0.05, 0) is 43.1 Å². The number of rotatable bonds is 4. The summed E-state index contributed by atoms with van der Waals surface area (Å²) in [5, 5.41) is 6.37.